The standard InChI is InChI=1S/C16H15NO2/c1-17(2)14-11-7-6-10-13(14)16(19)15(18)12-8-4-3-5-9-12/h3-11H,1-2H3. The Labute approximate surface area is 112 Å². The molecule has 0 bridgehead atoms. The number of benzene rings is 2. The number of carbonyl (C=O) groups excluding carboxylic acids is 2. The van der Waals surface area contributed by atoms with E-state index in [-0.39, 0.29) is 0 Å². The van der Waals surface area contributed by atoms with Gasteiger partial charge in [-0.05, 0) is 12.1 Å². The molecule has 0 radical (unpaired) electrons. The molecule has 0 saturated heterocycles. The predicted molar refractivity (Wildman–Crippen MR) is 75.9 cm³/mol. The van der Waals surface area contributed by atoms with Crippen LogP contribution in [0.2, 0.25) is 0 Å². The van der Waals surface area contributed by atoms with Gasteiger partial charge in [0.15, 0.2) is 0 Å². The molecule has 0 fully saturated rings. The Bertz CT molecular complexity index is 603. The van der Waals surface area contributed by atoms with Crippen LogP contribution in [-0.2, 0) is 0 Å². The summed E-state index contributed by atoms with van der Waals surface area (Å²) in [5.41, 5.74) is 1.60. The number of carbonyl (C=O) groups is 2. The van der Waals surface area contributed by atoms with Crippen LogP contribution < -0.4 is 4.90 Å². The second-order valence-corrected chi connectivity index (χ2v) is 4.44. The Kier molecular flexibility index (Phi) is 3.76. The normalized spacial score (nSPS) is 10.0. The maximum atomic E-state index is 12.3. The first-order valence-corrected chi connectivity index (χ1v) is 6.01. The zero-order chi connectivity index (χ0) is 13.8. The average Bonchev–Trinajstić information content (AvgIpc) is 2.46. The van der Waals surface area contributed by atoms with Crippen molar-refractivity contribution >= 4 is 17.3 Å². The van der Waals surface area contributed by atoms with Gasteiger partial charge < -0.3 is 4.90 Å². The topological polar surface area (TPSA) is 37.4 Å². The van der Waals surface area contributed by atoms with Crippen LogP contribution in [0.4, 0.5) is 5.69 Å². The van der Waals surface area contributed by atoms with Gasteiger partial charge in [0.2, 0.25) is 11.6 Å². The fourth-order valence-corrected chi connectivity index (χ4v) is 1.90. The molecule has 0 N–H and O–H groups in total. The minimum absolute atomic E-state index is 0.418. The van der Waals surface area contributed by atoms with Crippen molar-refractivity contribution in [2.75, 3.05) is 19.0 Å². The Morgan fingerprint density at radius 2 is 1.37 bits per heavy atom. The Morgan fingerprint density at radius 3 is 2.00 bits per heavy atom. The van der Waals surface area contributed by atoms with Gasteiger partial charge in [0, 0.05) is 30.9 Å². The molecule has 0 heterocycles. The van der Waals surface area contributed by atoms with Gasteiger partial charge in [0.1, 0.15) is 0 Å². The van der Waals surface area contributed by atoms with Crippen molar-refractivity contribution < 1.29 is 9.59 Å². The van der Waals surface area contributed by atoms with Crippen molar-refractivity contribution in [2.24, 2.45) is 0 Å². The number of Topliss-reactive ketones (excluding diaryl/α,β-unsaturated/α-hetero) is 2. The van der Waals surface area contributed by atoms with E-state index < -0.39 is 11.6 Å². The van der Waals surface area contributed by atoms with Gasteiger partial charge in [-0.15, -0.1) is 0 Å². The summed E-state index contributed by atoms with van der Waals surface area (Å²) in [6.45, 7) is 0. The first-order valence-electron chi connectivity index (χ1n) is 6.01. The summed E-state index contributed by atoms with van der Waals surface area (Å²) in [6.07, 6.45) is 0. The predicted octanol–water partition coefficient (Wildman–Crippen LogP) is 2.82. The number of nitrogens with zero attached hydrogens (tertiary/aromatic N) is 1. The maximum absolute atomic E-state index is 12.3. The Balaban J connectivity index is 2.38. The SMILES string of the molecule is CN(C)c1ccccc1C(=O)C(=O)c1ccccc1. The van der Waals surface area contributed by atoms with Crippen LogP contribution in [-0.4, -0.2) is 25.7 Å². The third-order valence-corrected chi connectivity index (χ3v) is 2.87. The molecule has 2 aromatic carbocycles. The highest BCUT2D eigenvalue weighted by molar-refractivity contribution is 6.50. The van der Waals surface area contributed by atoms with Crippen molar-refractivity contribution in [3.63, 3.8) is 0 Å². The molecule has 0 saturated carbocycles. The second kappa shape index (κ2) is 5.48. The Morgan fingerprint density at radius 1 is 0.789 bits per heavy atom. The van der Waals surface area contributed by atoms with Gasteiger partial charge in [-0.3, -0.25) is 9.59 Å². The molecular formula is C16H15NO2. The zero-order valence-corrected chi connectivity index (χ0v) is 11.0. The number of ketones is 2. The van der Waals surface area contributed by atoms with Crippen molar-refractivity contribution in [3.05, 3.63) is 65.7 Å². The second-order valence-electron chi connectivity index (χ2n) is 4.44. The molecule has 0 aliphatic carbocycles. The van der Waals surface area contributed by atoms with E-state index in [0.717, 1.165) is 5.69 Å². The molecule has 0 spiro atoms. The van der Waals surface area contributed by atoms with Gasteiger partial charge in [0.05, 0.1) is 0 Å². The van der Waals surface area contributed by atoms with E-state index in [1.807, 2.05) is 37.2 Å². The van der Waals surface area contributed by atoms with E-state index in [1.165, 1.54) is 0 Å². The molecule has 0 aliphatic heterocycles. The lowest BCUT2D eigenvalue weighted by Crippen LogP contribution is -2.19. The van der Waals surface area contributed by atoms with Gasteiger partial charge in [-0.1, -0.05) is 42.5 Å². The summed E-state index contributed by atoms with van der Waals surface area (Å²) < 4.78 is 0. The molecule has 3 heteroatoms. The van der Waals surface area contributed by atoms with Crippen LogP contribution in [0.5, 0.6) is 0 Å². The highest BCUT2D eigenvalue weighted by atomic mass is 16.2. The quantitative estimate of drug-likeness (QED) is 0.621. The van der Waals surface area contributed by atoms with Gasteiger partial charge >= 0.3 is 0 Å². The maximum Gasteiger partial charge on any atom is 0.235 e. The van der Waals surface area contributed by atoms with E-state index in [4.69, 9.17) is 0 Å². The molecule has 3 nitrogen and oxygen atoms in total. The van der Waals surface area contributed by atoms with E-state index in [0.29, 0.717) is 11.1 Å². The summed E-state index contributed by atoms with van der Waals surface area (Å²) in [7, 11) is 3.69. The molecule has 0 aromatic heterocycles. The lowest BCUT2D eigenvalue weighted by molar-refractivity contribution is 0.0817. The highest BCUT2D eigenvalue weighted by Gasteiger charge is 2.21. The minimum Gasteiger partial charge on any atom is -0.377 e. The number of hydrogen-bond acceptors (Lipinski definition) is 3. The first-order chi connectivity index (χ1) is 9.11. The lowest BCUT2D eigenvalue weighted by Gasteiger charge is -2.16. The van der Waals surface area contributed by atoms with Crippen LogP contribution in [0.1, 0.15) is 20.7 Å². The van der Waals surface area contributed by atoms with Crippen LogP contribution in [0.25, 0.3) is 0 Å². The van der Waals surface area contributed by atoms with Gasteiger partial charge in [0.25, 0.3) is 0 Å². The number of anilines is 1. The third kappa shape index (κ3) is 2.71. The van der Waals surface area contributed by atoms with E-state index in [9.17, 15) is 9.59 Å². The summed E-state index contributed by atoms with van der Waals surface area (Å²) in [6, 6.07) is 15.7. The lowest BCUT2D eigenvalue weighted by atomic mass is 10.00. The smallest absolute Gasteiger partial charge is 0.235 e. The van der Waals surface area contributed by atoms with Crippen LogP contribution in [0.15, 0.2) is 54.6 Å². The zero-order valence-electron chi connectivity index (χ0n) is 11.0. The molecule has 0 amide bonds. The monoisotopic (exact) mass is 253 g/mol. The third-order valence-electron chi connectivity index (χ3n) is 2.87. The van der Waals surface area contributed by atoms with E-state index in [2.05, 4.69) is 0 Å². The fraction of sp³-hybridized carbons (Fsp3) is 0.125. The highest BCUT2D eigenvalue weighted by Crippen LogP contribution is 2.20. The first kappa shape index (κ1) is 13.0. The van der Waals surface area contributed by atoms with E-state index >= 15 is 0 Å². The van der Waals surface area contributed by atoms with Crippen LogP contribution in [0.3, 0.4) is 0 Å². The number of rotatable bonds is 4. The summed E-state index contributed by atoms with van der Waals surface area (Å²) in [5.74, 6) is -0.953. The fourth-order valence-electron chi connectivity index (χ4n) is 1.90. The van der Waals surface area contributed by atoms with Crippen LogP contribution in [0, 0.1) is 0 Å². The minimum atomic E-state index is -0.477. The molecule has 0 atom stereocenters. The number of para-hydroxylation sites is 1. The van der Waals surface area contributed by atoms with Crippen molar-refractivity contribution in [2.45, 2.75) is 0 Å². The van der Waals surface area contributed by atoms with Crippen LogP contribution >= 0.6 is 0 Å². The molecule has 2 rings (SSSR count). The van der Waals surface area contributed by atoms with Crippen molar-refractivity contribution in [1.82, 2.24) is 0 Å². The summed E-state index contributed by atoms with van der Waals surface area (Å²) >= 11 is 0. The van der Waals surface area contributed by atoms with Crippen molar-refractivity contribution in [1.29, 1.82) is 0 Å². The molecule has 0 unspecified atom stereocenters. The molecule has 19 heavy (non-hydrogen) atoms. The molecule has 2 aromatic rings. The Hall–Kier alpha value is -2.42. The largest absolute Gasteiger partial charge is 0.377 e. The van der Waals surface area contributed by atoms with Gasteiger partial charge in [-0.2, -0.15) is 0 Å². The summed E-state index contributed by atoms with van der Waals surface area (Å²) in [4.78, 5) is 26.3. The molecular weight excluding hydrogens is 238 g/mol. The van der Waals surface area contributed by atoms with Crippen molar-refractivity contribution in [3.8, 4) is 0 Å². The summed E-state index contributed by atoms with van der Waals surface area (Å²) in [5, 5.41) is 0. The average molecular weight is 253 g/mol. The van der Waals surface area contributed by atoms with Gasteiger partial charge in [-0.25, -0.2) is 0 Å². The molecule has 96 valence electrons. The number of hydrogen-bond donors (Lipinski definition) is 0. The van der Waals surface area contributed by atoms with E-state index in [1.54, 1.807) is 36.4 Å². The molecule has 0 aliphatic rings.